The standard InChI is InChI=1S/C15H23N3O/c1-3-15(19)18-9-5-8-17(10-11-18)12-14-7-4-6-13(2)16-14/h4,6-7H,3,5,8-12H2,1-2H3. The molecule has 1 saturated heterocycles. The van der Waals surface area contributed by atoms with Crippen molar-refractivity contribution < 1.29 is 4.79 Å². The van der Waals surface area contributed by atoms with Crippen LogP contribution in [0, 0.1) is 6.92 Å². The van der Waals surface area contributed by atoms with E-state index in [1.165, 1.54) is 0 Å². The highest BCUT2D eigenvalue weighted by atomic mass is 16.2. The molecule has 0 atom stereocenters. The Morgan fingerprint density at radius 1 is 1.26 bits per heavy atom. The fraction of sp³-hybridized carbons (Fsp3) is 0.600. The SMILES string of the molecule is CCC(=O)N1CCCN(Cc2cccc(C)n2)CC1. The van der Waals surface area contributed by atoms with Gasteiger partial charge in [-0.15, -0.1) is 0 Å². The molecule has 1 aliphatic heterocycles. The lowest BCUT2D eigenvalue weighted by Gasteiger charge is -2.21. The number of nitrogens with zero attached hydrogens (tertiary/aromatic N) is 3. The van der Waals surface area contributed by atoms with Crippen molar-refractivity contribution in [2.75, 3.05) is 26.2 Å². The van der Waals surface area contributed by atoms with E-state index in [4.69, 9.17) is 0 Å². The monoisotopic (exact) mass is 261 g/mol. The summed E-state index contributed by atoms with van der Waals surface area (Å²) in [6.45, 7) is 8.57. The topological polar surface area (TPSA) is 36.4 Å². The van der Waals surface area contributed by atoms with Crippen LogP contribution in [-0.4, -0.2) is 46.9 Å². The molecule has 0 N–H and O–H groups in total. The zero-order chi connectivity index (χ0) is 13.7. The van der Waals surface area contributed by atoms with Crippen molar-refractivity contribution in [3.8, 4) is 0 Å². The molecule has 0 aliphatic carbocycles. The molecule has 104 valence electrons. The van der Waals surface area contributed by atoms with Crippen molar-refractivity contribution in [1.29, 1.82) is 0 Å². The summed E-state index contributed by atoms with van der Waals surface area (Å²) in [5.74, 6) is 0.274. The molecule has 1 amide bonds. The van der Waals surface area contributed by atoms with E-state index in [1.54, 1.807) is 0 Å². The molecule has 0 radical (unpaired) electrons. The van der Waals surface area contributed by atoms with Crippen molar-refractivity contribution >= 4 is 5.91 Å². The first kappa shape index (κ1) is 14.0. The first-order valence-corrected chi connectivity index (χ1v) is 7.11. The molecule has 1 aromatic heterocycles. The Morgan fingerprint density at radius 3 is 2.84 bits per heavy atom. The number of hydrogen-bond donors (Lipinski definition) is 0. The molecular formula is C15H23N3O. The Morgan fingerprint density at radius 2 is 2.11 bits per heavy atom. The van der Waals surface area contributed by atoms with Crippen LogP contribution >= 0.6 is 0 Å². The Balaban J connectivity index is 1.91. The molecule has 1 aromatic rings. The van der Waals surface area contributed by atoms with E-state index >= 15 is 0 Å². The minimum absolute atomic E-state index is 0.274. The highest BCUT2D eigenvalue weighted by Crippen LogP contribution is 2.09. The summed E-state index contributed by atoms with van der Waals surface area (Å²) in [7, 11) is 0. The van der Waals surface area contributed by atoms with Gasteiger partial charge in [-0.25, -0.2) is 0 Å². The Hall–Kier alpha value is -1.42. The van der Waals surface area contributed by atoms with Crippen molar-refractivity contribution in [3.05, 3.63) is 29.6 Å². The number of rotatable bonds is 3. The molecule has 4 heteroatoms. The third-order valence-corrected chi connectivity index (χ3v) is 3.58. The van der Waals surface area contributed by atoms with Gasteiger partial charge in [-0.3, -0.25) is 14.7 Å². The van der Waals surface area contributed by atoms with E-state index in [-0.39, 0.29) is 5.91 Å². The van der Waals surface area contributed by atoms with E-state index in [0.717, 1.165) is 50.5 Å². The van der Waals surface area contributed by atoms with Gasteiger partial charge in [0.2, 0.25) is 5.91 Å². The maximum atomic E-state index is 11.7. The van der Waals surface area contributed by atoms with Gasteiger partial charge >= 0.3 is 0 Å². The van der Waals surface area contributed by atoms with E-state index in [1.807, 2.05) is 24.8 Å². The lowest BCUT2D eigenvalue weighted by molar-refractivity contribution is -0.130. The van der Waals surface area contributed by atoms with Crippen LogP contribution in [0.4, 0.5) is 0 Å². The Labute approximate surface area is 115 Å². The molecule has 19 heavy (non-hydrogen) atoms. The van der Waals surface area contributed by atoms with Crippen LogP contribution < -0.4 is 0 Å². The second-order valence-electron chi connectivity index (χ2n) is 5.13. The summed E-state index contributed by atoms with van der Waals surface area (Å²) in [6, 6.07) is 6.16. The van der Waals surface area contributed by atoms with E-state index < -0.39 is 0 Å². The molecule has 4 nitrogen and oxygen atoms in total. The molecule has 0 bridgehead atoms. The van der Waals surface area contributed by atoms with Crippen LogP contribution in [-0.2, 0) is 11.3 Å². The minimum atomic E-state index is 0.274. The molecule has 1 fully saturated rings. The number of amides is 1. The fourth-order valence-electron chi connectivity index (χ4n) is 2.52. The maximum absolute atomic E-state index is 11.7. The fourth-order valence-corrected chi connectivity index (χ4v) is 2.52. The van der Waals surface area contributed by atoms with Gasteiger partial charge in [0.05, 0.1) is 5.69 Å². The lowest BCUT2D eigenvalue weighted by Crippen LogP contribution is -2.34. The summed E-state index contributed by atoms with van der Waals surface area (Å²) < 4.78 is 0. The molecular weight excluding hydrogens is 238 g/mol. The number of carbonyl (C=O) groups is 1. The summed E-state index contributed by atoms with van der Waals surface area (Å²) in [6.07, 6.45) is 1.66. The second-order valence-corrected chi connectivity index (χ2v) is 5.13. The number of aryl methyl sites for hydroxylation is 1. The average molecular weight is 261 g/mol. The highest BCUT2D eigenvalue weighted by Gasteiger charge is 2.18. The molecule has 0 saturated carbocycles. The van der Waals surface area contributed by atoms with Gasteiger partial charge in [0.15, 0.2) is 0 Å². The molecule has 0 aromatic carbocycles. The van der Waals surface area contributed by atoms with E-state index in [9.17, 15) is 4.79 Å². The van der Waals surface area contributed by atoms with Crippen molar-refractivity contribution in [2.24, 2.45) is 0 Å². The maximum Gasteiger partial charge on any atom is 0.222 e. The van der Waals surface area contributed by atoms with Gasteiger partial charge in [-0.1, -0.05) is 13.0 Å². The van der Waals surface area contributed by atoms with Gasteiger partial charge in [0, 0.05) is 44.8 Å². The summed E-state index contributed by atoms with van der Waals surface area (Å²) in [5.41, 5.74) is 2.19. The van der Waals surface area contributed by atoms with Crippen LogP contribution in [0.25, 0.3) is 0 Å². The van der Waals surface area contributed by atoms with Gasteiger partial charge in [-0.05, 0) is 25.5 Å². The summed E-state index contributed by atoms with van der Waals surface area (Å²) >= 11 is 0. The predicted molar refractivity (Wildman–Crippen MR) is 75.7 cm³/mol. The zero-order valence-electron chi connectivity index (χ0n) is 11.9. The third-order valence-electron chi connectivity index (χ3n) is 3.58. The van der Waals surface area contributed by atoms with Crippen molar-refractivity contribution in [3.63, 3.8) is 0 Å². The first-order valence-electron chi connectivity index (χ1n) is 7.11. The minimum Gasteiger partial charge on any atom is -0.341 e. The smallest absolute Gasteiger partial charge is 0.222 e. The largest absolute Gasteiger partial charge is 0.341 e. The van der Waals surface area contributed by atoms with Crippen molar-refractivity contribution in [1.82, 2.24) is 14.8 Å². The Bertz CT molecular complexity index is 433. The molecule has 2 heterocycles. The number of aromatic nitrogens is 1. The van der Waals surface area contributed by atoms with E-state index in [0.29, 0.717) is 6.42 Å². The van der Waals surface area contributed by atoms with Gasteiger partial charge in [0.25, 0.3) is 0 Å². The van der Waals surface area contributed by atoms with Gasteiger partial charge in [0.1, 0.15) is 0 Å². The van der Waals surface area contributed by atoms with E-state index in [2.05, 4.69) is 22.0 Å². The van der Waals surface area contributed by atoms with Gasteiger partial charge in [-0.2, -0.15) is 0 Å². The molecule has 0 unspecified atom stereocenters. The van der Waals surface area contributed by atoms with Crippen LogP contribution in [0.3, 0.4) is 0 Å². The molecule has 1 aliphatic rings. The van der Waals surface area contributed by atoms with Crippen LogP contribution in [0.1, 0.15) is 31.2 Å². The Kier molecular flexibility index (Phi) is 4.91. The normalized spacial score (nSPS) is 17.3. The van der Waals surface area contributed by atoms with Gasteiger partial charge < -0.3 is 4.90 Å². The first-order chi connectivity index (χ1) is 9.19. The summed E-state index contributed by atoms with van der Waals surface area (Å²) in [4.78, 5) is 20.7. The lowest BCUT2D eigenvalue weighted by atomic mass is 10.3. The molecule has 2 rings (SSSR count). The quantitative estimate of drug-likeness (QED) is 0.833. The van der Waals surface area contributed by atoms with Crippen LogP contribution in [0.2, 0.25) is 0 Å². The van der Waals surface area contributed by atoms with Crippen molar-refractivity contribution in [2.45, 2.75) is 33.2 Å². The number of carbonyl (C=O) groups excluding carboxylic acids is 1. The van der Waals surface area contributed by atoms with Crippen LogP contribution in [0.15, 0.2) is 18.2 Å². The second kappa shape index (κ2) is 6.66. The van der Waals surface area contributed by atoms with Crippen LogP contribution in [0.5, 0.6) is 0 Å². The predicted octanol–water partition coefficient (Wildman–Crippen LogP) is 1.83. The third kappa shape index (κ3) is 4.03. The number of pyridine rings is 1. The zero-order valence-corrected chi connectivity index (χ0v) is 11.9. The highest BCUT2D eigenvalue weighted by molar-refractivity contribution is 5.75. The summed E-state index contributed by atoms with van der Waals surface area (Å²) in [5, 5.41) is 0. The number of hydrogen-bond acceptors (Lipinski definition) is 3. The molecule has 0 spiro atoms. The average Bonchev–Trinajstić information content (AvgIpc) is 2.63.